The third kappa shape index (κ3) is 4.92. The highest BCUT2D eigenvalue weighted by Gasteiger charge is 2.28. The molecule has 0 bridgehead atoms. The average Bonchev–Trinajstić information content (AvgIpc) is 2.56. The molecule has 1 aliphatic rings. The van der Waals surface area contributed by atoms with E-state index >= 15 is 0 Å². The predicted molar refractivity (Wildman–Crippen MR) is 100 cm³/mol. The van der Waals surface area contributed by atoms with Gasteiger partial charge < -0.3 is 15.4 Å². The van der Waals surface area contributed by atoms with Gasteiger partial charge in [0.25, 0.3) is 0 Å². The number of carbonyl (C=O) groups is 1. The van der Waals surface area contributed by atoms with Crippen LogP contribution in [0.1, 0.15) is 6.92 Å². The lowest BCUT2D eigenvalue weighted by Gasteiger charge is -2.29. The van der Waals surface area contributed by atoms with Gasteiger partial charge in [-0.1, -0.05) is 30.3 Å². The van der Waals surface area contributed by atoms with Crippen LogP contribution in [0.2, 0.25) is 0 Å². The second-order valence-electron chi connectivity index (χ2n) is 5.29. The Bertz CT molecular complexity index is 655. The molecular formula is C17H21Cl2N3O2. The van der Waals surface area contributed by atoms with Gasteiger partial charge in [0, 0.05) is 24.0 Å². The molecule has 0 saturated carbocycles. The number of nitrogens with zero attached hydrogens (tertiary/aromatic N) is 1. The zero-order valence-electron chi connectivity index (χ0n) is 13.3. The van der Waals surface area contributed by atoms with E-state index in [0.717, 1.165) is 16.9 Å². The van der Waals surface area contributed by atoms with Crippen molar-refractivity contribution in [1.82, 2.24) is 10.3 Å². The van der Waals surface area contributed by atoms with E-state index in [1.165, 1.54) is 0 Å². The molecule has 0 radical (unpaired) electrons. The van der Waals surface area contributed by atoms with E-state index < -0.39 is 0 Å². The van der Waals surface area contributed by atoms with Crippen molar-refractivity contribution in [2.45, 2.75) is 19.1 Å². The lowest BCUT2D eigenvalue weighted by Crippen LogP contribution is -2.53. The first-order valence-electron chi connectivity index (χ1n) is 7.41. The summed E-state index contributed by atoms with van der Waals surface area (Å²) < 4.78 is 5.51. The first-order chi connectivity index (χ1) is 10.7. The van der Waals surface area contributed by atoms with E-state index in [1.54, 1.807) is 12.3 Å². The molecule has 1 saturated heterocycles. The van der Waals surface area contributed by atoms with Crippen LogP contribution in [0.15, 0.2) is 48.7 Å². The van der Waals surface area contributed by atoms with Gasteiger partial charge in [-0.25, -0.2) is 0 Å². The van der Waals surface area contributed by atoms with Crippen molar-refractivity contribution in [1.29, 1.82) is 0 Å². The Morgan fingerprint density at radius 1 is 1.25 bits per heavy atom. The van der Waals surface area contributed by atoms with Crippen molar-refractivity contribution >= 4 is 36.4 Å². The number of aromatic nitrogens is 1. The number of carbonyl (C=O) groups excluding carboxylic acids is 1. The number of rotatable bonds is 3. The lowest BCUT2D eigenvalue weighted by molar-refractivity contribution is -0.123. The number of halogens is 2. The number of nitrogens with one attached hydrogen (secondary N) is 2. The van der Waals surface area contributed by atoms with E-state index in [9.17, 15) is 4.79 Å². The van der Waals surface area contributed by atoms with Crippen molar-refractivity contribution in [3.8, 4) is 11.3 Å². The summed E-state index contributed by atoms with van der Waals surface area (Å²) in [6, 6.07) is 13.2. The predicted octanol–water partition coefficient (Wildman–Crippen LogP) is 2.91. The summed E-state index contributed by atoms with van der Waals surface area (Å²) in [6.07, 6.45) is 1.57. The van der Waals surface area contributed by atoms with Crippen LogP contribution >= 0.6 is 24.8 Å². The summed E-state index contributed by atoms with van der Waals surface area (Å²) in [6.45, 7) is 3.23. The van der Waals surface area contributed by atoms with Crippen molar-refractivity contribution in [2.75, 3.05) is 18.5 Å². The second kappa shape index (κ2) is 9.59. The molecule has 1 aliphatic heterocycles. The molecule has 1 fully saturated rings. The molecule has 5 nitrogen and oxygen atoms in total. The molecule has 1 aromatic heterocycles. The van der Waals surface area contributed by atoms with Gasteiger partial charge in [0.15, 0.2) is 0 Å². The van der Waals surface area contributed by atoms with E-state index in [4.69, 9.17) is 4.74 Å². The molecule has 0 unspecified atom stereocenters. The summed E-state index contributed by atoms with van der Waals surface area (Å²) in [5.41, 5.74) is 2.59. The quantitative estimate of drug-likeness (QED) is 0.872. The van der Waals surface area contributed by atoms with Gasteiger partial charge in [0.2, 0.25) is 5.91 Å². The third-order valence-electron chi connectivity index (χ3n) is 3.70. The van der Waals surface area contributed by atoms with Crippen molar-refractivity contribution < 1.29 is 9.53 Å². The van der Waals surface area contributed by atoms with Crippen LogP contribution in [0.5, 0.6) is 0 Å². The minimum Gasteiger partial charge on any atom is -0.375 e. The Morgan fingerprint density at radius 2 is 2.00 bits per heavy atom. The minimum absolute atomic E-state index is 0. The van der Waals surface area contributed by atoms with Crippen LogP contribution in [0.25, 0.3) is 11.3 Å². The molecule has 0 spiro atoms. The van der Waals surface area contributed by atoms with Gasteiger partial charge in [-0.15, -0.1) is 24.8 Å². The Labute approximate surface area is 154 Å². The molecule has 3 rings (SSSR count). The van der Waals surface area contributed by atoms with Gasteiger partial charge in [-0.2, -0.15) is 0 Å². The van der Waals surface area contributed by atoms with Gasteiger partial charge in [0.05, 0.1) is 18.4 Å². The maximum Gasteiger partial charge on any atom is 0.244 e. The number of benzene rings is 1. The molecule has 2 aromatic rings. The van der Waals surface area contributed by atoms with Gasteiger partial charge in [-0.05, 0) is 19.1 Å². The molecule has 2 N–H and O–H groups in total. The number of ether oxygens (including phenoxy) is 1. The second-order valence-corrected chi connectivity index (χ2v) is 5.29. The molecule has 7 heteroatoms. The van der Waals surface area contributed by atoms with Gasteiger partial charge in [0.1, 0.15) is 6.04 Å². The highest BCUT2D eigenvalue weighted by Crippen LogP contribution is 2.20. The normalized spacial score (nSPS) is 19.5. The number of morpholine rings is 1. The smallest absolute Gasteiger partial charge is 0.244 e. The molecule has 130 valence electrons. The van der Waals surface area contributed by atoms with E-state index in [0.29, 0.717) is 13.2 Å². The van der Waals surface area contributed by atoms with Crippen molar-refractivity contribution in [3.63, 3.8) is 0 Å². The van der Waals surface area contributed by atoms with E-state index in [-0.39, 0.29) is 42.9 Å². The number of hydrogen-bond acceptors (Lipinski definition) is 4. The monoisotopic (exact) mass is 369 g/mol. The van der Waals surface area contributed by atoms with Crippen LogP contribution in [0, 0.1) is 0 Å². The molecule has 2 atom stereocenters. The summed E-state index contributed by atoms with van der Waals surface area (Å²) >= 11 is 0. The molecule has 24 heavy (non-hydrogen) atoms. The number of pyridine rings is 1. The largest absolute Gasteiger partial charge is 0.375 e. The van der Waals surface area contributed by atoms with E-state index in [2.05, 4.69) is 15.6 Å². The third-order valence-corrected chi connectivity index (χ3v) is 3.70. The van der Waals surface area contributed by atoms with E-state index in [1.807, 2.05) is 43.3 Å². The van der Waals surface area contributed by atoms with Crippen LogP contribution in [-0.4, -0.2) is 36.2 Å². The SMILES string of the molecule is C[C@H]1OCCN[C@@H]1C(=O)Nc1ccnc(-c2ccccc2)c1.Cl.Cl. The summed E-state index contributed by atoms with van der Waals surface area (Å²) in [7, 11) is 0. The molecule has 2 heterocycles. The highest BCUT2D eigenvalue weighted by atomic mass is 35.5. The molecule has 0 aliphatic carbocycles. The first-order valence-corrected chi connectivity index (χ1v) is 7.41. The lowest BCUT2D eigenvalue weighted by atomic mass is 10.1. The van der Waals surface area contributed by atoms with Crippen molar-refractivity contribution in [3.05, 3.63) is 48.7 Å². The maximum absolute atomic E-state index is 12.4. The fraction of sp³-hybridized carbons (Fsp3) is 0.294. The average molecular weight is 370 g/mol. The summed E-state index contributed by atoms with van der Waals surface area (Å²) in [5, 5.41) is 6.11. The minimum atomic E-state index is -0.331. The Morgan fingerprint density at radius 3 is 2.71 bits per heavy atom. The zero-order valence-corrected chi connectivity index (χ0v) is 14.9. The van der Waals surface area contributed by atoms with Crippen LogP contribution in [0.3, 0.4) is 0 Å². The van der Waals surface area contributed by atoms with Gasteiger partial charge >= 0.3 is 0 Å². The Balaban J connectivity index is 0.00000144. The maximum atomic E-state index is 12.4. The number of hydrogen-bond donors (Lipinski definition) is 2. The Kier molecular flexibility index (Phi) is 8.15. The topological polar surface area (TPSA) is 63.2 Å². The summed E-state index contributed by atoms with van der Waals surface area (Å²) in [4.78, 5) is 16.7. The van der Waals surface area contributed by atoms with Crippen molar-refractivity contribution in [2.24, 2.45) is 0 Å². The Hall–Kier alpha value is -1.66. The number of anilines is 1. The van der Waals surface area contributed by atoms with Crippen LogP contribution < -0.4 is 10.6 Å². The van der Waals surface area contributed by atoms with Crippen LogP contribution in [0.4, 0.5) is 5.69 Å². The standard InChI is InChI=1S/C17H19N3O2.2ClH/c1-12-16(19-9-10-22-12)17(21)20-14-7-8-18-15(11-14)13-5-3-2-4-6-13;;/h2-8,11-12,16,19H,9-10H2,1H3,(H,18,20,21);2*1H/t12-,16+;;/m1../s1. The highest BCUT2D eigenvalue weighted by molar-refractivity contribution is 5.95. The molecular weight excluding hydrogens is 349 g/mol. The van der Waals surface area contributed by atoms with Gasteiger partial charge in [-0.3, -0.25) is 9.78 Å². The first kappa shape index (κ1) is 20.4. The molecule has 1 amide bonds. The fourth-order valence-electron chi connectivity index (χ4n) is 2.52. The zero-order chi connectivity index (χ0) is 15.4. The summed E-state index contributed by atoms with van der Waals surface area (Å²) in [5.74, 6) is -0.0857. The van der Waals surface area contributed by atoms with Crippen LogP contribution in [-0.2, 0) is 9.53 Å². The number of amides is 1. The molecule has 1 aromatic carbocycles. The fourth-order valence-corrected chi connectivity index (χ4v) is 2.52.